The zero-order valence-corrected chi connectivity index (χ0v) is 12.7. The monoisotopic (exact) mass is 324 g/mol. The van der Waals surface area contributed by atoms with Crippen LogP contribution in [0.5, 0.6) is 17.2 Å². The normalized spacial score (nSPS) is 12.4. The van der Waals surface area contributed by atoms with Gasteiger partial charge in [0.1, 0.15) is 10.8 Å². The highest BCUT2D eigenvalue weighted by molar-refractivity contribution is 7.99. The smallest absolute Gasteiger partial charge is 0.231 e. The van der Waals surface area contributed by atoms with E-state index in [0.717, 1.165) is 34.4 Å². The van der Waals surface area contributed by atoms with Gasteiger partial charge in [0.15, 0.2) is 16.7 Å². The van der Waals surface area contributed by atoms with E-state index in [1.165, 1.54) is 0 Å². The first-order chi connectivity index (χ1) is 10.3. The molecule has 1 aliphatic heterocycles. The summed E-state index contributed by atoms with van der Waals surface area (Å²) in [4.78, 5) is 0. The molecule has 0 spiro atoms. The van der Waals surface area contributed by atoms with Gasteiger partial charge in [0, 0.05) is 11.8 Å². The SMILES string of the molecule is Clc1ccc(SCCCOc2ccc3c(c2)OCO3)nn1. The van der Waals surface area contributed by atoms with Gasteiger partial charge in [-0.3, -0.25) is 0 Å². The van der Waals surface area contributed by atoms with E-state index < -0.39 is 0 Å². The molecule has 0 amide bonds. The van der Waals surface area contributed by atoms with E-state index in [1.54, 1.807) is 17.8 Å². The molecule has 0 radical (unpaired) electrons. The van der Waals surface area contributed by atoms with Gasteiger partial charge in [0.05, 0.1) is 6.61 Å². The summed E-state index contributed by atoms with van der Waals surface area (Å²) >= 11 is 7.31. The van der Waals surface area contributed by atoms with Crippen LogP contribution in [-0.2, 0) is 0 Å². The van der Waals surface area contributed by atoms with E-state index in [2.05, 4.69) is 10.2 Å². The minimum Gasteiger partial charge on any atom is -0.493 e. The van der Waals surface area contributed by atoms with Crippen molar-refractivity contribution >= 4 is 23.4 Å². The maximum absolute atomic E-state index is 5.68. The summed E-state index contributed by atoms with van der Waals surface area (Å²) in [6.07, 6.45) is 0.906. The van der Waals surface area contributed by atoms with E-state index in [4.69, 9.17) is 25.8 Å². The molecule has 0 saturated heterocycles. The van der Waals surface area contributed by atoms with Gasteiger partial charge in [-0.15, -0.1) is 22.0 Å². The molecular weight excluding hydrogens is 312 g/mol. The Kier molecular flexibility index (Phi) is 4.67. The molecule has 0 fully saturated rings. The van der Waals surface area contributed by atoms with Gasteiger partial charge in [-0.25, -0.2) is 0 Å². The molecule has 0 unspecified atom stereocenters. The summed E-state index contributed by atoms with van der Waals surface area (Å²) in [5, 5.41) is 9.05. The Morgan fingerprint density at radius 2 is 2.05 bits per heavy atom. The Hall–Kier alpha value is -1.66. The molecule has 3 rings (SSSR count). The number of ether oxygens (including phenoxy) is 3. The molecule has 2 aromatic rings. The van der Waals surface area contributed by atoms with Crippen LogP contribution in [0.4, 0.5) is 0 Å². The van der Waals surface area contributed by atoms with Gasteiger partial charge in [-0.2, -0.15) is 0 Å². The lowest BCUT2D eigenvalue weighted by Crippen LogP contribution is -1.99. The van der Waals surface area contributed by atoms with Crippen LogP contribution in [0.3, 0.4) is 0 Å². The van der Waals surface area contributed by atoms with Crippen molar-refractivity contribution < 1.29 is 14.2 Å². The van der Waals surface area contributed by atoms with Crippen molar-refractivity contribution in [1.82, 2.24) is 10.2 Å². The first-order valence-electron chi connectivity index (χ1n) is 6.46. The van der Waals surface area contributed by atoms with E-state index in [1.807, 2.05) is 24.3 Å². The van der Waals surface area contributed by atoms with Crippen molar-refractivity contribution in [3.63, 3.8) is 0 Å². The van der Waals surface area contributed by atoms with Crippen molar-refractivity contribution in [1.29, 1.82) is 0 Å². The molecule has 5 nitrogen and oxygen atoms in total. The molecule has 7 heteroatoms. The van der Waals surface area contributed by atoms with Crippen LogP contribution in [0.15, 0.2) is 35.4 Å². The van der Waals surface area contributed by atoms with Crippen LogP contribution >= 0.6 is 23.4 Å². The second-order valence-electron chi connectivity index (χ2n) is 4.26. The number of nitrogens with zero attached hydrogens (tertiary/aromatic N) is 2. The molecule has 0 bridgehead atoms. The number of rotatable bonds is 6. The van der Waals surface area contributed by atoms with Crippen molar-refractivity contribution in [3.8, 4) is 17.2 Å². The average Bonchev–Trinajstić information content (AvgIpc) is 2.96. The van der Waals surface area contributed by atoms with Gasteiger partial charge < -0.3 is 14.2 Å². The van der Waals surface area contributed by atoms with Gasteiger partial charge in [-0.1, -0.05) is 11.6 Å². The van der Waals surface area contributed by atoms with Crippen LogP contribution in [0.2, 0.25) is 5.15 Å². The number of hydrogen-bond acceptors (Lipinski definition) is 6. The third kappa shape index (κ3) is 3.92. The summed E-state index contributed by atoms with van der Waals surface area (Å²) in [6, 6.07) is 9.18. The largest absolute Gasteiger partial charge is 0.493 e. The highest BCUT2D eigenvalue weighted by Gasteiger charge is 2.13. The predicted molar refractivity (Wildman–Crippen MR) is 80.4 cm³/mol. The molecule has 0 saturated carbocycles. The number of thioether (sulfide) groups is 1. The van der Waals surface area contributed by atoms with Crippen LogP contribution in [0, 0.1) is 0 Å². The maximum atomic E-state index is 5.68. The van der Waals surface area contributed by atoms with Crippen LogP contribution in [0.25, 0.3) is 0 Å². The third-order valence-electron chi connectivity index (χ3n) is 2.76. The molecule has 0 N–H and O–H groups in total. The highest BCUT2D eigenvalue weighted by atomic mass is 35.5. The fourth-order valence-electron chi connectivity index (χ4n) is 1.77. The van der Waals surface area contributed by atoms with Gasteiger partial charge in [0.2, 0.25) is 6.79 Å². The molecule has 1 aromatic heterocycles. The Balaban J connectivity index is 1.39. The lowest BCUT2D eigenvalue weighted by atomic mass is 10.3. The highest BCUT2D eigenvalue weighted by Crippen LogP contribution is 2.35. The quantitative estimate of drug-likeness (QED) is 0.599. The van der Waals surface area contributed by atoms with E-state index in [0.29, 0.717) is 11.8 Å². The minimum atomic E-state index is 0.275. The van der Waals surface area contributed by atoms with E-state index >= 15 is 0 Å². The molecule has 1 aromatic carbocycles. The summed E-state index contributed by atoms with van der Waals surface area (Å²) < 4.78 is 16.2. The molecule has 1 aliphatic rings. The number of hydrogen-bond donors (Lipinski definition) is 0. The van der Waals surface area contributed by atoms with Crippen LogP contribution in [0.1, 0.15) is 6.42 Å². The topological polar surface area (TPSA) is 53.5 Å². The summed E-state index contributed by atoms with van der Waals surface area (Å²) in [6.45, 7) is 0.908. The molecule has 21 heavy (non-hydrogen) atoms. The van der Waals surface area contributed by atoms with Crippen molar-refractivity contribution in [2.24, 2.45) is 0 Å². The second-order valence-corrected chi connectivity index (χ2v) is 5.76. The van der Waals surface area contributed by atoms with E-state index in [-0.39, 0.29) is 6.79 Å². The molecule has 2 heterocycles. The standard InChI is InChI=1S/C14H13ClN2O3S/c15-13-4-5-14(17-16-13)21-7-1-6-18-10-2-3-11-12(8-10)20-9-19-11/h2-5,8H,1,6-7,9H2. The van der Waals surface area contributed by atoms with Crippen molar-refractivity contribution in [2.45, 2.75) is 11.4 Å². The van der Waals surface area contributed by atoms with Crippen molar-refractivity contribution in [3.05, 3.63) is 35.5 Å². The number of benzene rings is 1. The Labute approximate surface area is 131 Å². The van der Waals surface area contributed by atoms with E-state index in [9.17, 15) is 0 Å². The fraction of sp³-hybridized carbons (Fsp3) is 0.286. The third-order valence-corrected chi connectivity index (χ3v) is 3.97. The van der Waals surface area contributed by atoms with Crippen LogP contribution < -0.4 is 14.2 Å². The Morgan fingerprint density at radius 3 is 2.90 bits per heavy atom. The van der Waals surface area contributed by atoms with Gasteiger partial charge in [0.25, 0.3) is 0 Å². The lowest BCUT2D eigenvalue weighted by Gasteiger charge is -2.06. The number of halogens is 1. The average molecular weight is 325 g/mol. The lowest BCUT2D eigenvalue weighted by molar-refractivity contribution is 0.173. The Bertz CT molecular complexity index is 610. The van der Waals surface area contributed by atoms with Gasteiger partial charge in [-0.05, 0) is 30.7 Å². The van der Waals surface area contributed by atoms with Crippen molar-refractivity contribution in [2.75, 3.05) is 19.2 Å². The predicted octanol–water partition coefficient (Wildman–Crippen LogP) is 3.42. The second kappa shape index (κ2) is 6.87. The minimum absolute atomic E-state index is 0.275. The Morgan fingerprint density at radius 1 is 1.14 bits per heavy atom. The maximum Gasteiger partial charge on any atom is 0.231 e. The summed E-state index contributed by atoms with van der Waals surface area (Å²) in [5.74, 6) is 3.19. The molecular formula is C14H13ClN2O3S. The van der Waals surface area contributed by atoms with Gasteiger partial charge >= 0.3 is 0 Å². The summed E-state index contributed by atoms with van der Waals surface area (Å²) in [7, 11) is 0. The summed E-state index contributed by atoms with van der Waals surface area (Å²) in [5.41, 5.74) is 0. The number of aromatic nitrogens is 2. The fourth-order valence-corrected chi connectivity index (χ4v) is 2.61. The zero-order valence-electron chi connectivity index (χ0n) is 11.1. The first kappa shape index (κ1) is 14.3. The molecule has 110 valence electrons. The molecule has 0 aliphatic carbocycles. The molecule has 0 atom stereocenters. The zero-order chi connectivity index (χ0) is 14.5. The van der Waals surface area contributed by atoms with Crippen LogP contribution in [-0.4, -0.2) is 29.4 Å². The first-order valence-corrected chi connectivity index (χ1v) is 7.82. The number of fused-ring (bicyclic) bond motifs is 1.